The monoisotopic (exact) mass is 227 g/mol. The number of para-hydroxylation sites is 1. The van der Waals surface area contributed by atoms with Crippen LogP contribution in [0.1, 0.15) is 12.6 Å². The van der Waals surface area contributed by atoms with Gasteiger partial charge in [0.05, 0.1) is 11.2 Å². The third-order valence-electron chi connectivity index (χ3n) is 3.17. The molecule has 0 atom stereocenters. The zero-order chi connectivity index (χ0) is 12.0. The molecule has 0 radical (unpaired) electrons. The van der Waals surface area contributed by atoms with Crippen molar-refractivity contribution in [3.8, 4) is 0 Å². The number of nitrogen functional groups attached to an aromatic ring is 1. The number of hydrogen-bond donors (Lipinski definition) is 2. The van der Waals surface area contributed by atoms with Crippen molar-refractivity contribution in [2.24, 2.45) is 0 Å². The number of nitrogens with two attached hydrogens (primary N) is 1. The van der Waals surface area contributed by atoms with Crippen molar-refractivity contribution in [3.05, 3.63) is 46.4 Å². The Bertz CT molecular complexity index is 767. The van der Waals surface area contributed by atoms with Gasteiger partial charge in [0.25, 0.3) is 5.56 Å². The lowest BCUT2D eigenvalue weighted by molar-refractivity contribution is 0.850. The van der Waals surface area contributed by atoms with Gasteiger partial charge in [-0.2, -0.15) is 0 Å². The molecule has 0 aliphatic heterocycles. The molecule has 0 unspecified atom stereocenters. The van der Waals surface area contributed by atoms with Gasteiger partial charge < -0.3 is 10.8 Å². The van der Waals surface area contributed by atoms with Crippen LogP contribution in [0.5, 0.6) is 0 Å². The molecule has 0 amide bonds. The Morgan fingerprint density at radius 3 is 2.82 bits per heavy atom. The molecular weight excluding hydrogens is 214 g/mol. The van der Waals surface area contributed by atoms with Crippen LogP contribution in [0.4, 0.5) is 0 Å². The Morgan fingerprint density at radius 2 is 2.06 bits per heavy atom. The van der Waals surface area contributed by atoms with Gasteiger partial charge in [0.2, 0.25) is 0 Å². The van der Waals surface area contributed by atoms with E-state index in [2.05, 4.69) is 4.98 Å². The third kappa shape index (κ3) is 1.27. The summed E-state index contributed by atoms with van der Waals surface area (Å²) in [5.41, 5.74) is 2.65. The second-order valence-corrected chi connectivity index (χ2v) is 4.11. The highest BCUT2D eigenvalue weighted by Gasteiger charge is 2.11. The topological polar surface area (TPSA) is 63.8 Å². The fraction of sp³-hybridized carbons (Fsp3) is 0.154. The summed E-state index contributed by atoms with van der Waals surface area (Å²) in [6.07, 6.45) is 0.718. The summed E-state index contributed by atoms with van der Waals surface area (Å²) in [6, 6.07) is 9.54. The quantitative estimate of drug-likeness (QED) is 0.622. The van der Waals surface area contributed by atoms with Crippen molar-refractivity contribution in [1.29, 1.82) is 0 Å². The molecule has 1 aromatic carbocycles. The molecule has 86 valence electrons. The van der Waals surface area contributed by atoms with Crippen LogP contribution in [0.3, 0.4) is 0 Å². The molecule has 4 heteroatoms. The van der Waals surface area contributed by atoms with Gasteiger partial charge in [-0.05, 0) is 12.5 Å². The molecule has 0 saturated carbocycles. The Labute approximate surface area is 97.6 Å². The first-order valence-electron chi connectivity index (χ1n) is 5.62. The molecule has 3 rings (SSSR count). The van der Waals surface area contributed by atoms with E-state index in [9.17, 15) is 4.79 Å². The minimum Gasteiger partial charge on any atom is -0.353 e. The zero-order valence-electron chi connectivity index (χ0n) is 9.53. The number of rotatable bonds is 1. The van der Waals surface area contributed by atoms with Crippen LogP contribution in [0.2, 0.25) is 0 Å². The zero-order valence-corrected chi connectivity index (χ0v) is 9.53. The van der Waals surface area contributed by atoms with Crippen LogP contribution >= 0.6 is 0 Å². The molecule has 0 fully saturated rings. The largest absolute Gasteiger partial charge is 0.353 e. The standard InChI is InChI=1S/C13H13N3O/c1-2-11-13-9(7-12(17)16(11)14)8-5-3-4-6-10(8)15-13/h3-7,15H,2,14H2,1H3. The average Bonchev–Trinajstić information content (AvgIpc) is 2.69. The van der Waals surface area contributed by atoms with Crippen molar-refractivity contribution in [1.82, 2.24) is 9.66 Å². The number of pyridine rings is 1. The highest BCUT2D eigenvalue weighted by atomic mass is 16.1. The predicted octanol–water partition coefficient (Wildman–Crippen LogP) is 1.76. The number of aromatic nitrogens is 2. The van der Waals surface area contributed by atoms with Crippen LogP contribution in [0.25, 0.3) is 21.8 Å². The number of hydrogen-bond acceptors (Lipinski definition) is 2. The highest BCUT2D eigenvalue weighted by Crippen LogP contribution is 2.25. The molecule has 0 aliphatic carbocycles. The van der Waals surface area contributed by atoms with Crippen molar-refractivity contribution in [3.63, 3.8) is 0 Å². The highest BCUT2D eigenvalue weighted by molar-refractivity contribution is 6.07. The van der Waals surface area contributed by atoms with Crippen molar-refractivity contribution < 1.29 is 0 Å². The van der Waals surface area contributed by atoms with Crippen LogP contribution in [0, 0.1) is 0 Å². The second kappa shape index (κ2) is 3.38. The summed E-state index contributed by atoms with van der Waals surface area (Å²) < 4.78 is 1.22. The summed E-state index contributed by atoms with van der Waals surface area (Å²) in [6.45, 7) is 1.99. The number of benzene rings is 1. The first kappa shape index (κ1) is 9.96. The Balaban J connectivity index is 2.61. The van der Waals surface area contributed by atoms with Gasteiger partial charge in [0, 0.05) is 22.4 Å². The van der Waals surface area contributed by atoms with Gasteiger partial charge in [-0.1, -0.05) is 25.1 Å². The minimum absolute atomic E-state index is 0.167. The molecule has 3 N–H and O–H groups in total. The molecule has 3 aromatic rings. The van der Waals surface area contributed by atoms with E-state index >= 15 is 0 Å². The lowest BCUT2D eigenvalue weighted by atomic mass is 10.1. The number of nitrogens with zero attached hydrogens (tertiary/aromatic N) is 1. The summed E-state index contributed by atoms with van der Waals surface area (Å²) >= 11 is 0. The lowest BCUT2D eigenvalue weighted by Gasteiger charge is -2.06. The Kier molecular flexibility index (Phi) is 1.98. The van der Waals surface area contributed by atoms with Crippen LogP contribution in [0.15, 0.2) is 35.1 Å². The summed E-state index contributed by atoms with van der Waals surface area (Å²) in [5.74, 6) is 5.77. The maximum atomic E-state index is 11.8. The summed E-state index contributed by atoms with van der Waals surface area (Å²) in [4.78, 5) is 15.1. The van der Waals surface area contributed by atoms with E-state index in [0.29, 0.717) is 0 Å². The van der Waals surface area contributed by atoms with E-state index in [4.69, 9.17) is 5.84 Å². The lowest BCUT2D eigenvalue weighted by Crippen LogP contribution is -2.29. The van der Waals surface area contributed by atoms with Crippen LogP contribution in [-0.2, 0) is 6.42 Å². The maximum absolute atomic E-state index is 11.8. The molecular formula is C13H13N3O. The summed E-state index contributed by atoms with van der Waals surface area (Å²) in [5, 5.41) is 2.01. The number of aryl methyl sites for hydroxylation is 1. The first-order chi connectivity index (χ1) is 8.22. The molecule has 17 heavy (non-hydrogen) atoms. The van der Waals surface area contributed by atoms with Gasteiger partial charge in [0.1, 0.15) is 0 Å². The first-order valence-corrected chi connectivity index (χ1v) is 5.62. The predicted molar refractivity (Wildman–Crippen MR) is 69.6 cm³/mol. The normalized spacial score (nSPS) is 11.4. The molecule has 0 spiro atoms. The van der Waals surface area contributed by atoms with E-state index in [1.54, 1.807) is 6.07 Å². The van der Waals surface area contributed by atoms with E-state index in [1.165, 1.54) is 4.68 Å². The second-order valence-electron chi connectivity index (χ2n) is 4.11. The fourth-order valence-corrected chi connectivity index (χ4v) is 2.33. The van der Waals surface area contributed by atoms with E-state index in [1.807, 2.05) is 31.2 Å². The molecule has 0 bridgehead atoms. The smallest absolute Gasteiger partial charge is 0.269 e. The number of aromatic amines is 1. The van der Waals surface area contributed by atoms with Crippen LogP contribution < -0.4 is 11.4 Å². The van der Waals surface area contributed by atoms with E-state index in [-0.39, 0.29) is 5.56 Å². The van der Waals surface area contributed by atoms with E-state index < -0.39 is 0 Å². The van der Waals surface area contributed by atoms with Gasteiger partial charge >= 0.3 is 0 Å². The van der Waals surface area contributed by atoms with Gasteiger partial charge in [-0.25, -0.2) is 4.68 Å². The fourth-order valence-electron chi connectivity index (χ4n) is 2.33. The molecule has 2 aromatic heterocycles. The van der Waals surface area contributed by atoms with Crippen molar-refractivity contribution in [2.45, 2.75) is 13.3 Å². The van der Waals surface area contributed by atoms with Crippen LogP contribution in [-0.4, -0.2) is 9.66 Å². The minimum atomic E-state index is -0.167. The van der Waals surface area contributed by atoms with Gasteiger partial charge in [-0.3, -0.25) is 4.79 Å². The number of H-pyrrole nitrogens is 1. The maximum Gasteiger partial charge on any atom is 0.269 e. The number of nitrogens with one attached hydrogen (secondary N) is 1. The third-order valence-corrected chi connectivity index (χ3v) is 3.17. The average molecular weight is 227 g/mol. The SMILES string of the molecule is CCc1c2[nH]c3ccccc3c2cc(=O)n1N. The van der Waals surface area contributed by atoms with Gasteiger partial charge in [-0.15, -0.1) is 0 Å². The molecule has 4 nitrogen and oxygen atoms in total. The molecule has 0 saturated heterocycles. The molecule has 0 aliphatic rings. The summed E-state index contributed by atoms with van der Waals surface area (Å²) in [7, 11) is 0. The molecule has 2 heterocycles. The van der Waals surface area contributed by atoms with Gasteiger partial charge in [0.15, 0.2) is 0 Å². The van der Waals surface area contributed by atoms with Crippen molar-refractivity contribution >= 4 is 21.8 Å². The van der Waals surface area contributed by atoms with Crippen molar-refractivity contribution in [2.75, 3.05) is 5.84 Å². The Hall–Kier alpha value is -2.23. The van der Waals surface area contributed by atoms with E-state index in [0.717, 1.165) is 33.9 Å². The Morgan fingerprint density at radius 1 is 1.29 bits per heavy atom. The number of fused-ring (bicyclic) bond motifs is 3.